The molecule has 1 aromatic rings. The Balaban J connectivity index is 2.69. The van der Waals surface area contributed by atoms with Crippen LogP contribution in [0.4, 0.5) is 0 Å². The quantitative estimate of drug-likeness (QED) is 0.866. The molecule has 0 atom stereocenters. The van der Waals surface area contributed by atoms with Crippen LogP contribution in [0.5, 0.6) is 0 Å². The molecule has 0 spiro atoms. The highest BCUT2D eigenvalue weighted by atomic mass is 32.1. The number of carboxylic acid groups (broad SMARTS) is 1. The maximum Gasteiger partial charge on any atom is 0.310 e. The molecule has 0 fully saturated rings. The molecule has 0 radical (unpaired) electrons. The minimum atomic E-state index is -0.950. The molecule has 17 heavy (non-hydrogen) atoms. The van der Waals surface area contributed by atoms with Gasteiger partial charge in [0.2, 0.25) is 0 Å². The summed E-state index contributed by atoms with van der Waals surface area (Å²) in [6, 6.07) is 0. The molecular weight excluding hydrogens is 238 g/mol. The highest BCUT2D eigenvalue weighted by Crippen LogP contribution is 2.21. The summed E-state index contributed by atoms with van der Waals surface area (Å²) in [5.41, 5.74) is 0.642. The number of rotatable bonds is 4. The molecule has 0 saturated heterocycles. The van der Waals surface area contributed by atoms with Crippen molar-refractivity contribution in [3.63, 3.8) is 0 Å². The molecule has 1 amide bonds. The molecule has 0 aliphatic carbocycles. The average molecular weight is 255 g/mol. The molecule has 4 nitrogen and oxygen atoms in total. The van der Waals surface area contributed by atoms with Gasteiger partial charge in [-0.15, -0.1) is 11.3 Å². The minimum Gasteiger partial charge on any atom is -0.481 e. The van der Waals surface area contributed by atoms with Gasteiger partial charge in [-0.05, 0) is 33.3 Å². The van der Waals surface area contributed by atoms with E-state index in [9.17, 15) is 9.59 Å². The summed E-state index contributed by atoms with van der Waals surface area (Å²) in [5, 5.41) is 13.4. The summed E-state index contributed by atoms with van der Waals surface area (Å²) in [7, 11) is 0. The van der Waals surface area contributed by atoms with Crippen LogP contribution >= 0.6 is 11.3 Å². The second-order valence-corrected chi connectivity index (χ2v) is 5.79. The molecule has 1 rings (SSSR count). The highest BCUT2D eigenvalue weighted by molar-refractivity contribution is 7.10. The number of nitrogens with one attached hydrogen (secondary N) is 1. The van der Waals surface area contributed by atoms with Crippen LogP contribution in [-0.2, 0) is 4.79 Å². The number of carboxylic acids is 1. The van der Waals surface area contributed by atoms with Crippen molar-refractivity contribution in [3.05, 3.63) is 21.4 Å². The molecule has 0 unspecified atom stereocenters. The van der Waals surface area contributed by atoms with Gasteiger partial charge in [-0.2, -0.15) is 0 Å². The second kappa shape index (κ2) is 4.87. The first kappa shape index (κ1) is 13.7. The molecule has 0 aliphatic heterocycles. The lowest BCUT2D eigenvalue weighted by Gasteiger charge is -2.19. The van der Waals surface area contributed by atoms with Gasteiger partial charge in [0.1, 0.15) is 0 Å². The van der Waals surface area contributed by atoms with Crippen LogP contribution in [0.25, 0.3) is 0 Å². The number of carbonyl (C=O) groups is 2. The molecule has 0 saturated carbocycles. The first-order valence-corrected chi connectivity index (χ1v) is 6.20. The zero-order valence-corrected chi connectivity index (χ0v) is 11.3. The van der Waals surface area contributed by atoms with Crippen molar-refractivity contribution in [2.75, 3.05) is 6.54 Å². The van der Waals surface area contributed by atoms with Crippen molar-refractivity contribution in [3.8, 4) is 0 Å². The lowest BCUT2D eigenvalue weighted by atomic mass is 9.94. The van der Waals surface area contributed by atoms with Crippen LogP contribution in [0.2, 0.25) is 0 Å². The second-order valence-electron chi connectivity index (χ2n) is 4.70. The van der Waals surface area contributed by atoms with E-state index in [4.69, 9.17) is 5.11 Å². The number of hydrogen-bond donors (Lipinski definition) is 2. The topological polar surface area (TPSA) is 66.4 Å². The Kier molecular flexibility index (Phi) is 3.93. The smallest absolute Gasteiger partial charge is 0.310 e. The van der Waals surface area contributed by atoms with E-state index >= 15 is 0 Å². The predicted molar refractivity (Wildman–Crippen MR) is 67.5 cm³/mol. The van der Waals surface area contributed by atoms with E-state index in [1.807, 2.05) is 13.8 Å². The standard InChI is InChI=1S/C12H17NO3S/c1-7-8(2)17-5-9(7)10(14)13-6-12(3,4)11(15)16/h5H,6H2,1-4H3,(H,13,14)(H,15,16). The maximum absolute atomic E-state index is 11.9. The maximum atomic E-state index is 11.9. The Morgan fingerprint density at radius 3 is 2.41 bits per heavy atom. The Bertz CT molecular complexity index is 449. The fraction of sp³-hybridized carbons (Fsp3) is 0.500. The van der Waals surface area contributed by atoms with Gasteiger partial charge in [0.25, 0.3) is 5.91 Å². The van der Waals surface area contributed by atoms with Gasteiger partial charge in [-0.1, -0.05) is 0 Å². The molecule has 0 aliphatic rings. The number of amides is 1. The molecule has 1 aromatic heterocycles. The number of thiophene rings is 1. The van der Waals surface area contributed by atoms with Crippen molar-refractivity contribution in [1.29, 1.82) is 0 Å². The van der Waals surface area contributed by atoms with E-state index in [2.05, 4.69) is 5.32 Å². The molecular formula is C12H17NO3S. The van der Waals surface area contributed by atoms with Crippen molar-refractivity contribution >= 4 is 23.2 Å². The van der Waals surface area contributed by atoms with Gasteiger partial charge < -0.3 is 10.4 Å². The number of aryl methyl sites for hydroxylation is 1. The normalized spacial score (nSPS) is 11.3. The molecule has 0 bridgehead atoms. The van der Waals surface area contributed by atoms with Crippen LogP contribution in [-0.4, -0.2) is 23.5 Å². The summed E-state index contributed by atoms with van der Waals surface area (Å²) in [5.74, 6) is -1.13. The van der Waals surface area contributed by atoms with Crippen LogP contribution in [0.1, 0.15) is 34.6 Å². The SMILES string of the molecule is Cc1scc(C(=O)NCC(C)(C)C(=O)O)c1C. The summed E-state index contributed by atoms with van der Waals surface area (Å²) < 4.78 is 0. The summed E-state index contributed by atoms with van der Waals surface area (Å²) in [6.45, 7) is 7.14. The fourth-order valence-electron chi connectivity index (χ4n) is 1.21. The molecule has 0 aromatic carbocycles. The average Bonchev–Trinajstić information content (AvgIpc) is 2.56. The third kappa shape index (κ3) is 3.06. The Labute approximate surface area is 105 Å². The Morgan fingerprint density at radius 1 is 1.41 bits per heavy atom. The van der Waals surface area contributed by atoms with E-state index in [0.717, 1.165) is 10.4 Å². The van der Waals surface area contributed by atoms with Gasteiger partial charge >= 0.3 is 5.97 Å². The third-order valence-corrected chi connectivity index (χ3v) is 3.81. The van der Waals surface area contributed by atoms with Gasteiger partial charge in [0.15, 0.2) is 0 Å². The first-order chi connectivity index (χ1) is 7.75. The monoisotopic (exact) mass is 255 g/mol. The first-order valence-electron chi connectivity index (χ1n) is 5.32. The largest absolute Gasteiger partial charge is 0.481 e. The van der Waals surface area contributed by atoms with E-state index in [1.165, 1.54) is 11.3 Å². The summed E-state index contributed by atoms with van der Waals surface area (Å²) in [4.78, 5) is 23.8. The van der Waals surface area contributed by atoms with E-state index in [0.29, 0.717) is 5.56 Å². The minimum absolute atomic E-state index is 0.121. The molecule has 5 heteroatoms. The van der Waals surface area contributed by atoms with Crippen molar-refractivity contribution in [2.45, 2.75) is 27.7 Å². The molecule has 2 N–H and O–H groups in total. The third-order valence-electron chi connectivity index (χ3n) is 2.80. The van der Waals surface area contributed by atoms with E-state index in [-0.39, 0.29) is 12.5 Å². The van der Waals surface area contributed by atoms with E-state index in [1.54, 1.807) is 19.2 Å². The Morgan fingerprint density at radius 2 is 2.00 bits per heavy atom. The zero-order valence-electron chi connectivity index (χ0n) is 10.5. The van der Waals surface area contributed by atoms with Crippen LogP contribution in [0.3, 0.4) is 0 Å². The predicted octanol–water partition coefficient (Wildman–Crippen LogP) is 2.21. The highest BCUT2D eigenvalue weighted by Gasteiger charge is 2.28. The number of carbonyl (C=O) groups excluding carboxylic acids is 1. The number of aliphatic carboxylic acids is 1. The lowest BCUT2D eigenvalue weighted by molar-refractivity contribution is -0.146. The fourth-order valence-corrected chi connectivity index (χ4v) is 2.07. The van der Waals surface area contributed by atoms with E-state index < -0.39 is 11.4 Å². The van der Waals surface area contributed by atoms with Gasteiger partial charge in [-0.3, -0.25) is 9.59 Å². The van der Waals surface area contributed by atoms with Crippen LogP contribution < -0.4 is 5.32 Å². The Hall–Kier alpha value is -1.36. The van der Waals surface area contributed by atoms with Crippen LogP contribution in [0, 0.1) is 19.3 Å². The van der Waals surface area contributed by atoms with Crippen LogP contribution in [0.15, 0.2) is 5.38 Å². The van der Waals surface area contributed by atoms with Gasteiger partial charge in [0, 0.05) is 16.8 Å². The van der Waals surface area contributed by atoms with Gasteiger partial charge in [-0.25, -0.2) is 0 Å². The van der Waals surface area contributed by atoms with Crippen molar-refractivity contribution in [1.82, 2.24) is 5.32 Å². The van der Waals surface area contributed by atoms with Crippen molar-refractivity contribution < 1.29 is 14.7 Å². The summed E-state index contributed by atoms with van der Waals surface area (Å²) >= 11 is 1.52. The van der Waals surface area contributed by atoms with Crippen molar-refractivity contribution in [2.24, 2.45) is 5.41 Å². The number of hydrogen-bond acceptors (Lipinski definition) is 3. The summed E-state index contributed by atoms with van der Waals surface area (Å²) in [6.07, 6.45) is 0. The molecule has 1 heterocycles. The zero-order chi connectivity index (χ0) is 13.2. The van der Waals surface area contributed by atoms with Gasteiger partial charge in [0.05, 0.1) is 11.0 Å². The molecule has 94 valence electrons. The lowest BCUT2D eigenvalue weighted by Crippen LogP contribution is -2.38.